The molecule has 2 unspecified atom stereocenters. The van der Waals surface area contributed by atoms with Gasteiger partial charge < -0.3 is 10.0 Å². The Hall–Kier alpha value is -0.420. The van der Waals surface area contributed by atoms with Gasteiger partial charge in [-0.1, -0.05) is 6.92 Å². The summed E-state index contributed by atoms with van der Waals surface area (Å²) in [6, 6.07) is 0. The predicted octanol–water partition coefficient (Wildman–Crippen LogP) is 0.160. The van der Waals surface area contributed by atoms with Crippen LogP contribution in [0.2, 0.25) is 0 Å². The van der Waals surface area contributed by atoms with E-state index in [-0.39, 0.29) is 0 Å². The van der Waals surface area contributed by atoms with Crippen molar-refractivity contribution in [3.63, 3.8) is 0 Å². The van der Waals surface area contributed by atoms with Crippen LogP contribution in [-0.4, -0.2) is 51.8 Å². The first kappa shape index (κ1) is 12.6. The fourth-order valence-corrected chi connectivity index (χ4v) is 2.31. The molecule has 0 aliphatic rings. The lowest BCUT2D eigenvalue weighted by atomic mass is 10.3. The van der Waals surface area contributed by atoms with Gasteiger partial charge in [0.1, 0.15) is 5.25 Å². The van der Waals surface area contributed by atoms with Crippen LogP contribution in [0.3, 0.4) is 0 Å². The number of nitrogens with zero attached hydrogens (tertiary/aromatic N) is 1. The van der Waals surface area contributed by atoms with Crippen molar-refractivity contribution in [3.05, 3.63) is 0 Å². The summed E-state index contributed by atoms with van der Waals surface area (Å²) in [5.41, 5.74) is 0. The van der Waals surface area contributed by atoms with Gasteiger partial charge in [0.15, 0.2) is 0 Å². The number of hydrogen-bond acceptors (Lipinski definition) is 3. The molecule has 0 saturated heterocycles. The topological polar surface area (TPSA) is 57.6 Å². The zero-order chi connectivity index (χ0) is 10.4. The minimum absolute atomic E-state index is 0.426. The molecule has 1 N–H and O–H groups in total. The van der Waals surface area contributed by atoms with Crippen molar-refractivity contribution in [2.45, 2.75) is 18.6 Å². The van der Waals surface area contributed by atoms with Crippen molar-refractivity contribution in [1.82, 2.24) is 4.90 Å². The van der Waals surface area contributed by atoms with Gasteiger partial charge in [0.2, 0.25) is 0 Å². The third-order valence-corrected chi connectivity index (χ3v) is 3.46. The molecule has 5 heteroatoms. The highest BCUT2D eigenvalue weighted by molar-refractivity contribution is 7.86. The van der Waals surface area contributed by atoms with Crippen molar-refractivity contribution in [2.75, 3.05) is 26.4 Å². The molecule has 0 amide bonds. The molecule has 0 aromatic carbocycles. The molecule has 2 atom stereocenters. The summed E-state index contributed by atoms with van der Waals surface area (Å²) >= 11 is 0. The molecule has 4 nitrogen and oxygen atoms in total. The maximum atomic E-state index is 11.4. The molecule has 0 spiro atoms. The van der Waals surface area contributed by atoms with E-state index in [9.17, 15) is 9.00 Å². The van der Waals surface area contributed by atoms with Crippen molar-refractivity contribution in [3.8, 4) is 0 Å². The molecule has 0 aromatic rings. The van der Waals surface area contributed by atoms with Crippen LogP contribution in [0.15, 0.2) is 0 Å². The van der Waals surface area contributed by atoms with Crippen LogP contribution in [0.25, 0.3) is 0 Å². The van der Waals surface area contributed by atoms with E-state index in [1.54, 1.807) is 6.92 Å². The van der Waals surface area contributed by atoms with Crippen LogP contribution >= 0.6 is 0 Å². The lowest BCUT2D eigenvalue weighted by Gasteiger charge is -2.12. The van der Waals surface area contributed by atoms with E-state index in [1.165, 1.54) is 0 Å². The maximum Gasteiger partial charge on any atom is 0.319 e. The van der Waals surface area contributed by atoms with Crippen molar-refractivity contribution < 1.29 is 14.1 Å². The van der Waals surface area contributed by atoms with Crippen LogP contribution in [0.5, 0.6) is 0 Å². The summed E-state index contributed by atoms with van der Waals surface area (Å²) in [7, 11) is 2.50. The largest absolute Gasteiger partial charge is 0.480 e. The summed E-state index contributed by atoms with van der Waals surface area (Å²) in [6.45, 7) is 2.41. The fourth-order valence-electron chi connectivity index (χ4n) is 0.888. The average Bonchev–Trinajstić information content (AvgIpc) is 2.01. The van der Waals surface area contributed by atoms with Gasteiger partial charge in [0.25, 0.3) is 0 Å². The summed E-state index contributed by atoms with van der Waals surface area (Å²) < 4.78 is 11.4. The van der Waals surface area contributed by atoms with E-state index in [2.05, 4.69) is 0 Å². The zero-order valence-electron chi connectivity index (χ0n) is 8.32. The highest BCUT2D eigenvalue weighted by atomic mass is 32.2. The zero-order valence-corrected chi connectivity index (χ0v) is 9.13. The Morgan fingerprint density at radius 3 is 2.38 bits per heavy atom. The Morgan fingerprint density at radius 2 is 2.08 bits per heavy atom. The molecular formula is C8H17NO3S. The monoisotopic (exact) mass is 207 g/mol. The van der Waals surface area contributed by atoms with Gasteiger partial charge >= 0.3 is 5.97 Å². The second-order valence-corrected chi connectivity index (χ2v) is 4.86. The molecular weight excluding hydrogens is 190 g/mol. The average molecular weight is 207 g/mol. The Labute approximate surface area is 81.4 Å². The summed E-state index contributed by atoms with van der Waals surface area (Å²) in [4.78, 5) is 12.5. The minimum atomic E-state index is -1.25. The van der Waals surface area contributed by atoms with Crippen LogP contribution in [-0.2, 0) is 15.6 Å². The first-order valence-electron chi connectivity index (χ1n) is 4.23. The number of carboxylic acids is 1. The summed E-state index contributed by atoms with van der Waals surface area (Å²) in [5.74, 6) is -0.530. The van der Waals surface area contributed by atoms with Crippen LogP contribution in [0.4, 0.5) is 0 Å². The third-order valence-electron chi connectivity index (χ3n) is 1.70. The number of rotatable bonds is 6. The van der Waals surface area contributed by atoms with E-state index < -0.39 is 22.0 Å². The van der Waals surface area contributed by atoms with Gasteiger partial charge in [-0.25, -0.2) is 0 Å². The molecule has 13 heavy (non-hydrogen) atoms. The predicted molar refractivity (Wildman–Crippen MR) is 53.3 cm³/mol. The number of aliphatic carboxylic acids is 1. The lowest BCUT2D eigenvalue weighted by molar-refractivity contribution is -0.136. The van der Waals surface area contributed by atoms with Crippen LogP contribution in [0.1, 0.15) is 13.3 Å². The number of carboxylic acid groups (broad SMARTS) is 1. The number of carbonyl (C=O) groups is 1. The van der Waals surface area contributed by atoms with Gasteiger partial charge in [-0.05, 0) is 20.5 Å². The summed E-state index contributed by atoms with van der Waals surface area (Å²) in [5, 5.41) is 7.99. The SMILES string of the molecule is CCC(C(=O)O)S(=O)CCN(C)C. The first-order valence-corrected chi connectivity index (χ1v) is 5.62. The minimum Gasteiger partial charge on any atom is -0.480 e. The van der Waals surface area contributed by atoms with Crippen molar-refractivity contribution in [1.29, 1.82) is 0 Å². The highest BCUT2D eigenvalue weighted by Gasteiger charge is 2.21. The first-order chi connectivity index (χ1) is 5.99. The Balaban J connectivity index is 4.00. The van der Waals surface area contributed by atoms with E-state index >= 15 is 0 Å². The van der Waals surface area contributed by atoms with E-state index in [0.29, 0.717) is 18.7 Å². The smallest absolute Gasteiger partial charge is 0.319 e. The lowest BCUT2D eigenvalue weighted by Crippen LogP contribution is -2.30. The Kier molecular flexibility index (Phi) is 5.90. The standard InChI is InChI=1S/C8H17NO3S/c1-4-7(8(10)11)13(12)6-5-9(2)3/h7H,4-6H2,1-3H3,(H,10,11). The van der Waals surface area contributed by atoms with E-state index in [1.807, 2.05) is 19.0 Å². The van der Waals surface area contributed by atoms with Crippen molar-refractivity contribution >= 4 is 16.8 Å². The van der Waals surface area contributed by atoms with Crippen LogP contribution in [0, 0.1) is 0 Å². The van der Waals surface area contributed by atoms with Gasteiger partial charge in [-0.2, -0.15) is 0 Å². The quantitative estimate of drug-likeness (QED) is 0.674. The molecule has 0 radical (unpaired) electrons. The molecule has 0 rings (SSSR count). The third kappa shape index (κ3) is 5.00. The molecule has 0 aromatic heterocycles. The molecule has 0 bridgehead atoms. The molecule has 0 aliphatic carbocycles. The van der Waals surface area contributed by atoms with E-state index in [0.717, 1.165) is 0 Å². The molecule has 0 heterocycles. The molecule has 0 fully saturated rings. The van der Waals surface area contributed by atoms with Gasteiger partial charge in [0.05, 0.1) is 0 Å². The van der Waals surface area contributed by atoms with Gasteiger partial charge in [-0.15, -0.1) is 0 Å². The molecule has 78 valence electrons. The van der Waals surface area contributed by atoms with Crippen molar-refractivity contribution in [2.24, 2.45) is 0 Å². The number of hydrogen-bond donors (Lipinski definition) is 1. The summed E-state index contributed by atoms with van der Waals surface area (Å²) in [6.07, 6.45) is 0.426. The highest BCUT2D eigenvalue weighted by Crippen LogP contribution is 2.02. The van der Waals surface area contributed by atoms with E-state index in [4.69, 9.17) is 5.11 Å². The normalized spacial score (nSPS) is 15.7. The fraction of sp³-hybridized carbons (Fsp3) is 0.875. The Bertz CT molecular complexity index is 194. The second kappa shape index (κ2) is 6.10. The maximum absolute atomic E-state index is 11.4. The van der Waals surface area contributed by atoms with Crippen LogP contribution < -0.4 is 0 Å². The second-order valence-electron chi connectivity index (χ2n) is 3.12. The Morgan fingerprint density at radius 1 is 1.54 bits per heavy atom. The van der Waals surface area contributed by atoms with Gasteiger partial charge in [0, 0.05) is 23.1 Å². The van der Waals surface area contributed by atoms with Gasteiger partial charge in [-0.3, -0.25) is 9.00 Å². The molecule has 0 aliphatic heterocycles. The molecule has 0 saturated carbocycles.